The molecule has 156 valence electrons. The molecule has 28 heavy (non-hydrogen) atoms. The first-order chi connectivity index (χ1) is 13.3. The molecule has 1 fully saturated rings. The second kappa shape index (κ2) is 10.5. The number of nitrogens with zero attached hydrogens (tertiary/aromatic N) is 1. The first kappa shape index (κ1) is 22.2. The zero-order valence-corrected chi connectivity index (χ0v) is 16.1. The third-order valence-electron chi connectivity index (χ3n) is 4.62. The van der Waals surface area contributed by atoms with E-state index in [4.69, 9.17) is 4.74 Å². The van der Waals surface area contributed by atoms with Crippen molar-refractivity contribution in [3.05, 3.63) is 35.4 Å². The fourth-order valence-corrected chi connectivity index (χ4v) is 3.05. The van der Waals surface area contributed by atoms with Gasteiger partial charge in [-0.25, -0.2) is 0 Å². The summed E-state index contributed by atoms with van der Waals surface area (Å²) >= 11 is 0. The van der Waals surface area contributed by atoms with Crippen molar-refractivity contribution in [2.45, 2.75) is 45.3 Å². The van der Waals surface area contributed by atoms with Crippen LogP contribution in [0.25, 0.3) is 0 Å². The summed E-state index contributed by atoms with van der Waals surface area (Å²) in [5.41, 5.74) is -0.347. The number of unbranched alkanes of at least 4 members (excludes halogenated alkanes) is 1. The molecule has 1 unspecified atom stereocenters. The van der Waals surface area contributed by atoms with Crippen LogP contribution in [-0.2, 0) is 27.0 Å². The monoisotopic (exact) mass is 400 g/mol. The summed E-state index contributed by atoms with van der Waals surface area (Å²) in [6.07, 6.45) is -1.56. The van der Waals surface area contributed by atoms with Crippen molar-refractivity contribution < 1.29 is 27.5 Å². The lowest BCUT2D eigenvalue weighted by atomic mass is 10.1. The molecular formula is C20H27F3N2O3. The molecule has 2 rings (SSSR count). The summed E-state index contributed by atoms with van der Waals surface area (Å²) < 4.78 is 43.9. The minimum atomic E-state index is -4.42. The zero-order valence-electron chi connectivity index (χ0n) is 16.1. The molecule has 0 radical (unpaired) electrons. The molecule has 0 saturated carbocycles. The van der Waals surface area contributed by atoms with E-state index >= 15 is 0 Å². The van der Waals surface area contributed by atoms with Crippen molar-refractivity contribution in [1.82, 2.24) is 10.2 Å². The normalized spacial score (nSPS) is 17.2. The lowest BCUT2D eigenvalue weighted by Gasteiger charge is -2.17. The van der Waals surface area contributed by atoms with Gasteiger partial charge in [0.1, 0.15) is 0 Å². The van der Waals surface area contributed by atoms with Crippen LogP contribution in [0.1, 0.15) is 43.7 Å². The Morgan fingerprint density at radius 1 is 1.29 bits per heavy atom. The van der Waals surface area contributed by atoms with Gasteiger partial charge in [0.25, 0.3) is 0 Å². The summed E-state index contributed by atoms with van der Waals surface area (Å²) in [6.45, 7) is 4.13. The van der Waals surface area contributed by atoms with E-state index in [2.05, 4.69) is 12.2 Å². The van der Waals surface area contributed by atoms with Crippen molar-refractivity contribution in [2.75, 3.05) is 26.3 Å². The van der Waals surface area contributed by atoms with Crippen LogP contribution in [0.15, 0.2) is 24.3 Å². The minimum absolute atomic E-state index is 0.0673. The number of hydrogen-bond donors (Lipinski definition) is 1. The maximum absolute atomic E-state index is 12.8. The van der Waals surface area contributed by atoms with E-state index in [0.717, 1.165) is 25.0 Å². The highest BCUT2D eigenvalue weighted by Crippen LogP contribution is 2.30. The summed E-state index contributed by atoms with van der Waals surface area (Å²) in [5, 5.41) is 2.80. The molecule has 2 amide bonds. The zero-order chi connectivity index (χ0) is 20.6. The van der Waals surface area contributed by atoms with Crippen LogP contribution in [0.4, 0.5) is 13.2 Å². The average Bonchev–Trinajstić information content (AvgIpc) is 3.01. The van der Waals surface area contributed by atoms with Crippen LogP contribution < -0.4 is 5.32 Å². The van der Waals surface area contributed by atoms with Gasteiger partial charge in [0.2, 0.25) is 11.8 Å². The molecule has 1 aromatic carbocycles. The first-order valence-electron chi connectivity index (χ1n) is 9.60. The highest BCUT2D eigenvalue weighted by molar-refractivity contribution is 5.89. The van der Waals surface area contributed by atoms with Gasteiger partial charge in [-0.1, -0.05) is 25.5 Å². The van der Waals surface area contributed by atoms with Crippen LogP contribution in [0.5, 0.6) is 0 Å². The van der Waals surface area contributed by atoms with Gasteiger partial charge >= 0.3 is 6.18 Å². The number of halogens is 3. The number of ether oxygens (including phenoxy) is 1. The lowest BCUT2D eigenvalue weighted by Crippen LogP contribution is -2.33. The Kier molecular flexibility index (Phi) is 8.29. The van der Waals surface area contributed by atoms with Crippen LogP contribution in [0.2, 0.25) is 0 Å². The Labute approximate surface area is 163 Å². The molecule has 1 aliphatic heterocycles. The molecule has 0 aromatic heterocycles. The third-order valence-corrected chi connectivity index (χ3v) is 4.62. The molecule has 0 bridgehead atoms. The van der Waals surface area contributed by atoms with E-state index < -0.39 is 17.7 Å². The molecule has 1 N–H and O–H groups in total. The predicted octanol–water partition coefficient (Wildman–Crippen LogP) is 3.38. The van der Waals surface area contributed by atoms with Crippen molar-refractivity contribution in [3.63, 3.8) is 0 Å². The second-order valence-corrected chi connectivity index (χ2v) is 6.98. The standard InChI is InChI=1S/C20H27F3N2O3/c1-2-3-9-28-10-5-8-24-19(27)16-12-18(26)25(14-16)13-15-6-4-7-17(11-15)20(21,22)23/h4,6-7,11,16H,2-3,5,8-10,12-14H2,1H3,(H,24,27). The fraction of sp³-hybridized carbons (Fsp3) is 0.600. The number of amides is 2. The number of rotatable bonds is 10. The molecule has 1 heterocycles. The van der Waals surface area contributed by atoms with Crippen LogP contribution in [0.3, 0.4) is 0 Å². The molecule has 1 atom stereocenters. The highest BCUT2D eigenvalue weighted by Gasteiger charge is 2.35. The van der Waals surface area contributed by atoms with Crippen LogP contribution in [-0.4, -0.2) is 43.0 Å². The van der Waals surface area contributed by atoms with E-state index in [-0.39, 0.29) is 31.3 Å². The first-order valence-corrected chi connectivity index (χ1v) is 9.60. The average molecular weight is 400 g/mol. The van der Waals surface area contributed by atoms with Gasteiger partial charge < -0.3 is 15.0 Å². The second-order valence-electron chi connectivity index (χ2n) is 6.98. The molecule has 1 saturated heterocycles. The highest BCUT2D eigenvalue weighted by atomic mass is 19.4. The van der Waals surface area contributed by atoms with E-state index in [1.54, 1.807) is 6.07 Å². The smallest absolute Gasteiger partial charge is 0.381 e. The predicted molar refractivity (Wildman–Crippen MR) is 98.3 cm³/mol. The lowest BCUT2D eigenvalue weighted by molar-refractivity contribution is -0.137. The minimum Gasteiger partial charge on any atom is -0.381 e. The summed E-state index contributed by atoms with van der Waals surface area (Å²) in [5.74, 6) is -0.895. The van der Waals surface area contributed by atoms with Gasteiger partial charge in [-0.15, -0.1) is 0 Å². The SMILES string of the molecule is CCCCOCCCNC(=O)C1CC(=O)N(Cc2cccc(C(F)(F)F)c2)C1. The number of carbonyl (C=O) groups excluding carboxylic acids is 2. The van der Waals surface area contributed by atoms with E-state index in [0.29, 0.717) is 31.7 Å². The molecule has 1 aromatic rings. The number of alkyl halides is 3. The number of hydrogen-bond acceptors (Lipinski definition) is 3. The van der Waals surface area contributed by atoms with Crippen molar-refractivity contribution in [2.24, 2.45) is 5.92 Å². The Morgan fingerprint density at radius 3 is 2.75 bits per heavy atom. The fourth-order valence-electron chi connectivity index (χ4n) is 3.05. The van der Waals surface area contributed by atoms with Crippen molar-refractivity contribution >= 4 is 11.8 Å². The summed E-state index contributed by atoms with van der Waals surface area (Å²) in [7, 11) is 0. The van der Waals surface area contributed by atoms with E-state index in [1.807, 2.05) is 0 Å². The number of benzene rings is 1. The Bertz CT molecular complexity index is 664. The maximum atomic E-state index is 12.8. The maximum Gasteiger partial charge on any atom is 0.416 e. The van der Waals surface area contributed by atoms with E-state index in [1.165, 1.54) is 11.0 Å². The topological polar surface area (TPSA) is 58.6 Å². The van der Waals surface area contributed by atoms with Crippen molar-refractivity contribution in [1.29, 1.82) is 0 Å². The van der Waals surface area contributed by atoms with Gasteiger partial charge in [-0.05, 0) is 30.5 Å². The largest absolute Gasteiger partial charge is 0.416 e. The molecule has 0 spiro atoms. The van der Waals surface area contributed by atoms with Gasteiger partial charge in [0, 0.05) is 39.3 Å². The van der Waals surface area contributed by atoms with Crippen LogP contribution >= 0.6 is 0 Å². The molecule has 5 nitrogen and oxygen atoms in total. The summed E-state index contributed by atoms with van der Waals surface area (Å²) in [6, 6.07) is 4.91. The van der Waals surface area contributed by atoms with Gasteiger partial charge in [-0.3, -0.25) is 9.59 Å². The summed E-state index contributed by atoms with van der Waals surface area (Å²) in [4.78, 5) is 25.8. The molecular weight excluding hydrogens is 373 g/mol. The molecule has 8 heteroatoms. The van der Waals surface area contributed by atoms with Crippen molar-refractivity contribution in [3.8, 4) is 0 Å². The number of likely N-dealkylation sites (tertiary alicyclic amines) is 1. The van der Waals surface area contributed by atoms with Gasteiger partial charge in [0.05, 0.1) is 11.5 Å². The molecule has 0 aliphatic carbocycles. The quantitative estimate of drug-likeness (QED) is 0.613. The Morgan fingerprint density at radius 2 is 2.04 bits per heavy atom. The number of nitrogens with one attached hydrogen (secondary N) is 1. The Hall–Kier alpha value is -2.09. The number of carbonyl (C=O) groups is 2. The van der Waals surface area contributed by atoms with Gasteiger partial charge in [0.15, 0.2) is 0 Å². The van der Waals surface area contributed by atoms with E-state index in [9.17, 15) is 22.8 Å². The van der Waals surface area contributed by atoms with Gasteiger partial charge in [-0.2, -0.15) is 13.2 Å². The molecule has 1 aliphatic rings. The Balaban J connectivity index is 1.77. The van der Waals surface area contributed by atoms with Crippen LogP contribution in [0, 0.1) is 5.92 Å². The third kappa shape index (κ3) is 6.82.